The number of para-hydroxylation sites is 1. The number of amides is 6. The number of unbranched alkanes of at least 4 members (excludes halogenated alkanes) is 7. The molecule has 1 aromatic rings. The van der Waals surface area contributed by atoms with Crippen LogP contribution < -0.4 is 26.6 Å². The smallest absolute Gasteiger partial charge is 0.265 e. The number of rotatable bonds is 19. The topological polar surface area (TPSA) is 187 Å². The van der Waals surface area contributed by atoms with Crippen LogP contribution in [0, 0.1) is 5.92 Å². The number of imide groups is 2. The van der Waals surface area contributed by atoms with Gasteiger partial charge in [-0.25, -0.2) is 0 Å². The molecule has 2 fully saturated rings. The van der Waals surface area contributed by atoms with Gasteiger partial charge in [-0.2, -0.15) is 0 Å². The van der Waals surface area contributed by atoms with Crippen LogP contribution in [0.2, 0.25) is 0 Å². The number of nitrogens with one attached hydrogen (secondary N) is 5. The lowest BCUT2D eigenvalue weighted by atomic mass is 9.79. The molecule has 3 atom stereocenters. The lowest BCUT2D eigenvalue weighted by molar-refractivity contribution is -0.149. The van der Waals surface area contributed by atoms with Crippen LogP contribution in [-0.2, 0) is 33.5 Å². The number of carbonyl (C=O) groups excluding carboxylic acids is 6. The maximum absolute atomic E-state index is 13.4. The van der Waals surface area contributed by atoms with Gasteiger partial charge in [0.25, 0.3) is 23.6 Å². The van der Waals surface area contributed by atoms with E-state index in [1.165, 1.54) is 0 Å². The average molecular weight is 794 g/mol. The molecule has 5 aliphatic rings. The first kappa shape index (κ1) is 41.8. The minimum absolute atomic E-state index is 0.0402. The van der Waals surface area contributed by atoms with Crippen LogP contribution >= 0.6 is 0 Å². The Hall–Kier alpha value is -5.79. The summed E-state index contributed by atoms with van der Waals surface area (Å²) in [5, 5.41) is 14.9. The number of piperidine rings is 1. The number of likely N-dealkylation sites (N-methyl/N-ethyl adjacent to an activating group) is 1. The molecule has 1 aromatic carbocycles. The van der Waals surface area contributed by atoms with Gasteiger partial charge in [0.1, 0.15) is 11.8 Å². The number of carbonyl (C=O) groups is 6. The molecule has 14 nitrogen and oxygen atoms in total. The molecule has 3 aliphatic heterocycles. The van der Waals surface area contributed by atoms with Gasteiger partial charge >= 0.3 is 0 Å². The number of allylic oxidation sites excluding steroid dienone is 3. The van der Waals surface area contributed by atoms with Gasteiger partial charge in [0.2, 0.25) is 11.8 Å². The van der Waals surface area contributed by atoms with Gasteiger partial charge in [0, 0.05) is 55.6 Å². The van der Waals surface area contributed by atoms with Crippen molar-refractivity contribution >= 4 is 47.3 Å². The number of anilines is 1. The predicted molar refractivity (Wildman–Crippen MR) is 220 cm³/mol. The molecule has 2 saturated heterocycles. The van der Waals surface area contributed by atoms with E-state index in [4.69, 9.17) is 9.73 Å². The SMILES string of the molecule is CNC(=O)C1=C(Nc2ccccc2)C2=CC(NCCCCCCCCCCNC(=O)COC3=C4C(=O)N(C5CCC(=O)NC5=O)C(=O)C4=CCC3C)=CCC2(C)N=C1. The first-order chi connectivity index (χ1) is 28.0. The van der Waals surface area contributed by atoms with Crippen molar-refractivity contribution in [3.63, 3.8) is 0 Å². The molecule has 6 rings (SSSR count). The van der Waals surface area contributed by atoms with Gasteiger partial charge in [0.15, 0.2) is 6.61 Å². The van der Waals surface area contributed by atoms with Gasteiger partial charge in [-0.3, -0.25) is 44.0 Å². The zero-order chi connectivity index (χ0) is 41.2. The monoisotopic (exact) mass is 793 g/mol. The third kappa shape index (κ3) is 9.66. The number of nitrogens with zero attached hydrogens (tertiary/aromatic N) is 2. The summed E-state index contributed by atoms with van der Waals surface area (Å²) in [6, 6.07) is 8.79. The summed E-state index contributed by atoms with van der Waals surface area (Å²) < 4.78 is 5.86. The van der Waals surface area contributed by atoms with Crippen molar-refractivity contribution in [2.45, 2.75) is 102 Å². The highest BCUT2D eigenvalue weighted by atomic mass is 16.5. The van der Waals surface area contributed by atoms with Gasteiger partial charge in [-0.1, -0.05) is 75.8 Å². The molecule has 6 amide bonds. The van der Waals surface area contributed by atoms with Crippen molar-refractivity contribution in [2.24, 2.45) is 10.9 Å². The second-order valence-electron chi connectivity index (χ2n) is 15.6. The number of dihydropyridines is 1. The Kier molecular flexibility index (Phi) is 13.8. The maximum Gasteiger partial charge on any atom is 0.265 e. The molecule has 0 bridgehead atoms. The first-order valence-corrected chi connectivity index (χ1v) is 20.6. The van der Waals surface area contributed by atoms with Crippen molar-refractivity contribution in [1.82, 2.24) is 26.2 Å². The summed E-state index contributed by atoms with van der Waals surface area (Å²) in [5.41, 5.74) is 4.04. The third-order valence-electron chi connectivity index (χ3n) is 11.3. The van der Waals surface area contributed by atoms with Crippen LogP contribution in [0.3, 0.4) is 0 Å². The van der Waals surface area contributed by atoms with E-state index in [0.717, 1.165) is 91.9 Å². The lowest BCUT2D eigenvalue weighted by Crippen LogP contribution is -2.54. The minimum Gasteiger partial charge on any atom is -0.487 e. The summed E-state index contributed by atoms with van der Waals surface area (Å²) in [5.74, 6) is -2.75. The molecular formula is C44H55N7O7. The normalized spacial score (nSPS) is 22.7. The largest absolute Gasteiger partial charge is 0.487 e. The number of likely N-dealkylation sites (tertiary alicyclic amines) is 1. The molecular weight excluding hydrogens is 739 g/mol. The van der Waals surface area contributed by atoms with Crippen molar-refractivity contribution in [3.05, 3.63) is 88.0 Å². The highest BCUT2D eigenvalue weighted by molar-refractivity contribution is 6.26. The summed E-state index contributed by atoms with van der Waals surface area (Å²) in [7, 11) is 1.63. The quantitative estimate of drug-likeness (QED) is 0.100. The molecule has 308 valence electrons. The predicted octanol–water partition coefficient (Wildman–Crippen LogP) is 4.39. The fourth-order valence-corrected chi connectivity index (χ4v) is 7.93. The lowest BCUT2D eigenvalue weighted by Gasteiger charge is -2.36. The van der Waals surface area contributed by atoms with E-state index in [-0.39, 0.29) is 54.1 Å². The molecule has 58 heavy (non-hydrogen) atoms. The van der Waals surface area contributed by atoms with Gasteiger partial charge in [-0.15, -0.1) is 0 Å². The first-order valence-electron chi connectivity index (χ1n) is 20.6. The molecule has 3 heterocycles. The fraction of sp³-hybridized carbons (Fsp3) is 0.477. The molecule has 14 heteroatoms. The van der Waals surface area contributed by atoms with Crippen molar-refractivity contribution in [1.29, 1.82) is 0 Å². The van der Waals surface area contributed by atoms with Crippen molar-refractivity contribution < 1.29 is 33.5 Å². The number of benzene rings is 1. The van der Waals surface area contributed by atoms with Crippen LogP contribution in [0.4, 0.5) is 5.69 Å². The van der Waals surface area contributed by atoms with Crippen molar-refractivity contribution in [2.75, 3.05) is 32.1 Å². The Morgan fingerprint density at radius 1 is 0.948 bits per heavy atom. The number of ether oxygens (including phenoxy) is 1. The van der Waals surface area contributed by atoms with E-state index in [1.807, 2.05) is 37.3 Å². The van der Waals surface area contributed by atoms with Crippen LogP contribution in [0.1, 0.15) is 90.9 Å². The Labute approximate surface area is 339 Å². The Morgan fingerprint density at radius 3 is 2.36 bits per heavy atom. The molecule has 3 unspecified atom stereocenters. The highest BCUT2D eigenvalue weighted by Crippen LogP contribution is 2.40. The number of fused-ring (bicyclic) bond motifs is 2. The van der Waals surface area contributed by atoms with Gasteiger partial charge < -0.3 is 26.0 Å². The highest BCUT2D eigenvalue weighted by Gasteiger charge is 2.49. The Bertz CT molecular complexity index is 2000. The molecule has 0 radical (unpaired) electrons. The van der Waals surface area contributed by atoms with Gasteiger partial charge in [-0.05, 0) is 57.2 Å². The summed E-state index contributed by atoms with van der Waals surface area (Å²) in [4.78, 5) is 81.7. The zero-order valence-electron chi connectivity index (χ0n) is 33.7. The zero-order valence-corrected chi connectivity index (χ0v) is 33.7. The summed E-state index contributed by atoms with van der Waals surface area (Å²) >= 11 is 0. The number of aliphatic imine (C=N–C) groups is 1. The second-order valence-corrected chi connectivity index (χ2v) is 15.6. The second kappa shape index (κ2) is 19.1. The fourth-order valence-electron chi connectivity index (χ4n) is 7.93. The van der Waals surface area contributed by atoms with E-state index < -0.39 is 35.2 Å². The van der Waals surface area contributed by atoms with E-state index in [2.05, 4.69) is 45.7 Å². The van der Waals surface area contributed by atoms with Gasteiger partial charge in [0.05, 0.1) is 28.0 Å². The van der Waals surface area contributed by atoms with E-state index >= 15 is 0 Å². The van der Waals surface area contributed by atoms with Crippen LogP contribution in [-0.4, -0.2) is 84.9 Å². The average Bonchev–Trinajstić information content (AvgIpc) is 3.46. The Morgan fingerprint density at radius 2 is 1.66 bits per heavy atom. The maximum atomic E-state index is 13.4. The molecule has 2 aliphatic carbocycles. The molecule has 0 aromatic heterocycles. The van der Waals surface area contributed by atoms with Crippen LogP contribution in [0.15, 0.2) is 93.0 Å². The molecule has 0 spiro atoms. The minimum atomic E-state index is -1.06. The van der Waals surface area contributed by atoms with Crippen molar-refractivity contribution in [3.8, 4) is 0 Å². The summed E-state index contributed by atoms with van der Waals surface area (Å²) in [6.45, 7) is 5.05. The van der Waals surface area contributed by atoms with E-state index in [9.17, 15) is 28.8 Å². The summed E-state index contributed by atoms with van der Waals surface area (Å²) in [6.07, 6.45) is 17.5. The van der Waals surface area contributed by atoms with E-state index in [0.29, 0.717) is 18.5 Å². The standard InChI is InChI=1S/C44H55N7O7/c1-28-17-18-31-37(43(57)51(42(31)56)34-19-20-35(52)50-41(34)55)39(28)58-27-36(53)47-24-14-9-7-5-4-6-8-13-23-46-30-21-22-44(2)33(25-30)38(32(26-48-44)40(54)45-3)49-29-15-11-10-12-16-29/h10-12,15-16,18,21,25-26,28,34,46,49H,4-9,13-14,17,19-20,22-24,27H2,1-3H3,(H,45,54)(H,47,53)(H,50,52,55). The third-order valence-corrected chi connectivity index (χ3v) is 11.3. The molecule has 0 saturated carbocycles. The number of hydrogen-bond donors (Lipinski definition) is 5. The van der Waals surface area contributed by atoms with Crippen LogP contribution in [0.5, 0.6) is 0 Å². The van der Waals surface area contributed by atoms with Crippen LogP contribution in [0.25, 0.3) is 0 Å². The Balaban J connectivity index is 0.852. The molecule has 5 N–H and O–H groups in total. The van der Waals surface area contributed by atoms with E-state index in [1.54, 1.807) is 19.3 Å². The number of hydrogen-bond acceptors (Lipinski definition) is 10.